The summed E-state index contributed by atoms with van der Waals surface area (Å²) in [7, 11) is 1.87. The third-order valence-electron chi connectivity index (χ3n) is 5.04. The Morgan fingerprint density at radius 3 is 2.27 bits per heavy atom. The van der Waals surface area contributed by atoms with Crippen LogP contribution in [0.5, 0.6) is 0 Å². The number of hydrogen-bond donors (Lipinski definition) is 1. The minimum Gasteiger partial charge on any atom is -0.341 e. The number of halogens is 1. The molecule has 0 bridgehead atoms. The van der Waals surface area contributed by atoms with Crippen LogP contribution in [-0.4, -0.2) is 34.2 Å². The lowest BCUT2D eigenvalue weighted by Crippen LogP contribution is -2.26. The molecule has 2 N–H and O–H groups in total. The summed E-state index contributed by atoms with van der Waals surface area (Å²) in [4.78, 5) is 14.4. The Morgan fingerprint density at radius 1 is 0.967 bits per heavy atom. The molecule has 0 radical (unpaired) electrons. The van der Waals surface area contributed by atoms with Crippen molar-refractivity contribution in [2.45, 2.75) is 38.6 Å². The molecule has 1 amide bonds. The highest BCUT2D eigenvalue weighted by Gasteiger charge is 2.16. The van der Waals surface area contributed by atoms with Crippen molar-refractivity contribution in [3.63, 3.8) is 0 Å². The molecule has 160 valence electrons. The molecule has 1 heterocycles. The van der Waals surface area contributed by atoms with Crippen LogP contribution in [0.4, 0.5) is 0 Å². The van der Waals surface area contributed by atoms with Crippen LogP contribution in [0.3, 0.4) is 0 Å². The second kappa shape index (κ2) is 12.2. The largest absolute Gasteiger partial charge is 0.341 e. The van der Waals surface area contributed by atoms with E-state index in [4.69, 9.17) is 10.8 Å². The SMILES string of the molecule is CN(Cc1cn(-c2ccccc2)nc1-c1ccccc1)C(=O)CCCCCCN.Cl. The molecule has 0 aliphatic rings. The average Bonchev–Trinajstić information content (AvgIpc) is 3.18. The van der Waals surface area contributed by atoms with Crippen molar-refractivity contribution in [3.05, 3.63) is 72.4 Å². The highest BCUT2D eigenvalue weighted by Crippen LogP contribution is 2.25. The minimum atomic E-state index is 0. The van der Waals surface area contributed by atoms with E-state index in [1.807, 2.05) is 71.4 Å². The number of rotatable bonds is 10. The molecule has 30 heavy (non-hydrogen) atoms. The van der Waals surface area contributed by atoms with Crippen molar-refractivity contribution in [1.29, 1.82) is 0 Å². The number of benzene rings is 2. The molecule has 1 aromatic heterocycles. The Kier molecular flexibility index (Phi) is 9.58. The molecule has 0 aliphatic carbocycles. The number of nitrogens with zero attached hydrogens (tertiary/aromatic N) is 3. The van der Waals surface area contributed by atoms with Gasteiger partial charge < -0.3 is 10.6 Å². The van der Waals surface area contributed by atoms with Gasteiger partial charge in [-0.1, -0.05) is 61.4 Å². The monoisotopic (exact) mass is 426 g/mol. The molecule has 0 aliphatic heterocycles. The zero-order valence-corrected chi connectivity index (χ0v) is 18.4. The van der Waals surface area contributed by atoms with E-state index in [0.717, 1.165) is 54.7 Å². The Balaban J connectivity index is 0.00000320. The number of amides is 1. The van der Waals surface area contributed by atoms with E-state index in [0.29, 0.717) is 13.0 Å². The van der Waals surface area contributed by atoms with E-state index < -0.39 is 0 Å². The first-order valence-electron chi connectivity index (χ1n) is 10.3. The van der Waals surface area contributed by atoms with Crippen LogP contribution in [0.1, 0.15) is 37.7 Å². The second-order valence-corrected chi connectivity index (χ2v) is 7.35. The van der Waals surface area contributed by atoms with E-state index in [1.165, 1.54) is 0 Å². The van der Waals surface area contributed by atoms with Gasteiger partial charge in [0.05, 0.1) is 11.4 Å². The normalized spacial score (nSPS) is 10.5. The van der Waals surface area contributed by atoms with Gasteiger partial charge in [-0.3, -0.25) is 4.79 Å². The third kappa shape index (κ3) is 6.44. The number of unbranched alkanes of at least 4 members (excludes halogenated alkanes) is 3. The summed E-state index contributed by atoms with van der Waals surface area (Å²) in [5, 5.41) is 4.83. The van der Waals surface area contributed by atoms with Gasteiger partial charge in [-0.2, -0.15) is 5.10 Å². The van der Waals surface area contributed by atoms with Crippen LogP contribution in [0.15, 0.2) is 66.9 Å². The Labute approximate surface area is 185 Å². The number of aromatic nitrogens is 2. The molecule has 6 heteroatoms. The molecule has 0 spiro atoms. The number of para-hydroxylation sites is 1. The third-order valence-corrected chi connectivity index (χ3v) is 5.04. The lowest BCUT2D eigenvalue weighted by molar-refractivity contribution is -0.130. The lowest BCUT2D eigenvalue weighted by Gasteiger charge is -2.17. The summed E-state index contributed by atoms with van der Waals surface area (Å²) in [6, 6.07) is 20.2. The molecule has 5 nitrogen and oxygen atoms in total. The van der Waals surface area contributed by atoms with Crippen LogP contribution in [0.25, 0.3) is 16.9 Å². The lowest BCUT2D eigenvalue weighted by atomic mass is 10.1. The van der Waals surface area contributed by atoms with Crippen LogP contribution in [0.2, 0.25) is 0 Å². The van der Waals surface area contributed by atoms with E-state index >= 15 is 0 Å². The Bertz CT molecular complexity index is 896. The molecule has 0 unspecified atom stereocenters. The van der Waals surface area contributed by atoms with E-state index in [1.54, 1.807) is 0 Å². The summed E-state index contributed by atoms with van der Waals surface area (Å²) in [5.74, 6) is 0.171. The predicted octanol–water partition coefficient (Wildman–Crippen LogP) is 4.83. The minimum absolute atomic E-state index is 0. The van der Waals surface area contributed by atoms with Crippen LogP contribution in [-0.2, 0) is 11.3 Å². The predicted molar refractivity (Wildman–Crippen MR) is 125 cm³/mol. The molecule has 3 aromatic rings. The first-order valence-corrected chi connectivity index (χ1v) is 10.3. The summed E-state index contributed by atoms with van der Waals surface area (Å²) in [5.41, 5.74) is 9.54. The molecular weight excluding hydrogens is 396 g/mol. The van der Waals surface area contributed by atoms with Gasteiger partial charge in [0.2, 0.25) is 5.91 Å². The summed E-state index contributed by atoms with van der Waals surface area (Å²) in [6.07, 6.45) is 6.70. The molecular formula is C24H31ClN4O. The fourth-order valence-corrected chi connectivity index (χ4v) is 3.39. The van der Waals surface area contributed by atoms with Crippen LogP contribution < -0.4 is 5.73 Å². The fraction of sp³-hybridized carbons (Fsp3) is 0.333. The topological polar surface area (TPSA) is 64.2 Å². The van der Waals surface area contributed by atoms with Crippen molar-refractivity contribution >= 4 is 18.3 Å². The quantitative estimate of drug-likeness (QED) is 0.472. The van der Waals surface area contributed by atoms with Crippen molar-refractivity contribution in [3.8, 4) is 16.9 Å². The van der Waals surface area contributed by atoms with Gasteiger partial charge in [-0.15, -0.1) is 12.4 Å². The highest BCUT2D eigenvalue weighted by molar-refractivity contribution is 5.85. The first kappa shape index (κ1) is 23.6. The number of carbonyl (C=O) groups excluding carboxylic acids is 1. The zero-order valence-electron chi connectivity index (χ0n) is 17.5. The molecule has 2 aromatic carbocycles. The van der Waals surface area contributed by atoms with Gasteiger partial charge in [-0.25, -0.2) is 4.68 Å². The van der Waals surface area contributed by atoms with Crippen molar-refractivity contribution in [2.24, 2.45) is 5.73 Å². The zero-order chi connectivity index (χ0) is 20.5. The van der Waals surface area contributed by atoms with Crippen molar-refractivity contribution in [1.82, 2.24) is 14.7 Å². The van der Waals surface area contributed by atoms with E-state index in [-0.39, 0.29) is 18.3 Å². The van der Waals surface area contributed by atoms with Gasteiger partial charge in [0, 0.05) is 37.3 Å². The van der Waals surface area contributed by atoms with Crippen molar-refractivity contribution < 1.29 is 4.79 Å². The van der Waals surface area contributed by atoms with Crippen molar-refractivity contribution in [2.75, 3.05) is 13.6 Å². The summed E-state index contributed by atoms with van der Waals surface area (Å²) < 4.78 is 1.89. The number of carbonyl (C=O) groups is 1. The molecule has 0 fully saturated rings. The average molecular weight is 427 g/mol. The maximum Gasteiger partial charge on any atom is 0.222 e. The second-order valence-electron chi connectivity index (χ2n) is 7.35. The molecule has 3 rings (SSSR count). The van der Waals surface area contributed by atoms with E-state index in [9.17, 15) is 4.79 Å². The Morgan fingerprint density at radius 2 is 1.60 bits per heavy atom. The maximum absolute atomic E-state index is 12.6. The molecule has 0 atom stereocenters. The van der Waals surface area contributed by atoms with Gasteiger partial charge in [0.1, 0.15) is 0 Å². The van der Waals surface area contributed by atoms with Crippen LogP contribution in [0, 0.1) is 0 Å². The van der Waals surface area contributed by atoms with Crippen LogP contribution >= 0.6 is 12.4 Å². The molecule has 0 saturated carbocycles. The summed E-state index contributed by atoms with van der Waals surface area (Å²) in [6.45, 7) is 1.26. The first-order chi connectivity index (χ1) is 14.2. The smallest absolute Gasteiger partial charge is 0.222 e. The van der Waals surface area contributed by atoms with Gasteiger partial charge >= 0.3 is 0 Å². The van der Waals surface area contributed by atoms with E-state index in [2.05, 4.69) is 12.1 Å². The number of hydrogen-bond acceptors (Lipinski definition) is 3. The number of nitrogens with two attached hydrogens (primary N) is 1. The molecule has 0 saturated heterocycles. The van der Waals surface area contributed by atoms with Gasteiger partial charge in [0.15, 0.2) is 0 Å². The fourth-order valence-electron chi connectivity index (χ4n) is 3.39. The van der Waals surface area contributed by atoms with Gasteiger partial charge in [0.25, 0.3) is 0 Å². The maximum atomic E-state index is 12.6. The highest BCUT2D eigenvalue weighted by atomic mass is 35.5. The van der Waals surface area contributed by atoms with Gasteiger partial charge in [-0.05, 0) is 31.5 Å². The summed E-state index contributed by atoms with van der Waals surface area (Å²) >= 11 is 0. The standard InChI is InChI=1S/C24H30N4O.ClH/c1-27(23(29)16-10-2-3-11-17-25)18-21-19-28(22-14-8-5-9-15-22)26-24(21)20-12-6-4-7-13-20;/h4-9,12-15,19H,2-3,10-11,16-18,25H2,1H3;1H. The Hall–Kier alpha value is -2.63.